The fourth-order valence-electron chi connectivity index (χ4n) is 3.61. The van der Waals surface area contributed by atoms with E-state index in [1.807, 2.05) is 0 Å². The van der Waals surface area contributed by atoms with E-state index in [-0.39, 0.29) is 10.9 Å². The van der Waals surface area contributed by atoms with Crippen LogP contribution in [0.3, 0.4) is 0 Å². The second kappa shape index (κ2) is 6.36. The standard InChI is InChI=1S/C20H21N3O2S/c1-13-6-7-14-4-3-5-19(16(14)10-13)23-20-17-11-15(26(2,24)25)8-9-18(17)21-12-22-20/h6-12,19H,3-5H2,1-2H3,(H,21,22,23)/t19-/m1/s1. The quantitative estimate of drug-likeness (QED) is 0.762. The summed E-state index contributed by atoms with van der Waals surface area (Å²) in [6.07, 6.45) is 5.96. The highest BCUT2D eigenvalue weighted by atomic mass is 32.2. The zero-order valence-electron chi connectivity index (χ0n) is 14.9. The van der Waals surface area contributed by atoms with Crippen molar-refractivity contribution in [3.63, 3.8) is 0 Å². The van der Waals surface area contributed by atoms with Crippen LogP contribution in [-0.4, -0.2) is 24.6 Å². The number of nitrogens with zero attached hydrogens (tertiary/aromatic N) is 2. The fraction of sp³-hybridized carbons (Fsp3) is 0.300. The average Bonchev–Trinajstić information content (AvgIpc) is 2.61. The molecule has 0 saturated carbocycles. The van der Waals surface area contributed by atoms with Gasteiger partial charge in [-0.1, -0.05) is 23.8 Å². The Morgan fingerprint density at radius 3 is 2.77 bits per heavy atom. The molecule has 1 aliphatic rings. The first kappa shape index (κ1) is 17.0. The van der Waals surface area contributed by atoms with E-state index < -0.39 is 9.84 Å². The summed E-state index contributed by atoms with van der Waals surface area (Å²) in [7, 11) is -3.28. The first-order chi connectivity index (χ1) is 12.4. The van der Waals surface area contributed by atoms with E-state index in [0.717, 1.165) is 30.2 Å². The Hall–Kier alpha value is -2.47. The number of sulfone groups is 1. The lowest BCUT2D eigenvalue weighted by Crippen LogP contribution is -2.18. The van der Waals surface area contributed by atoms with Gasteiger partial charge < -0.3 is 5.32 Å². The van der Waals surface area contributed by atoms with E-state index in [1.54, 1.807) is 18.2 Å². The predicted molar refractivity (Wildman–Crippen MR) is 103 cm³/mol. The van der Waals surface area contributed by atoms with Gasteiger partial charge in [0.15, 0.2) is 9.84 Å². The van der Waals surface area contributed by atoms with Gasteiger partial charge in [0.25, 0.3) is 0 Å². The molecule has 26 heavy (non-hydrogen) atoms. The molecule has 0 saturated heterocycles. The molecule has 2 aromatic carbocycles. The van der Waals surface area contributed by atoms with E-state index >= 15 is 0 Å². The molecule has 1 heterocycles. The predicted octanol–water partition coefficient (Wildman–Crippen LogP) is 3.83. The third-order valence-corrected chi connectivity index (χ3v) is 6.07. The van der Waals surface area contributed by atoms with E-state index in [2.05, 4.69) is 40.4 Å². The van der Waals surface area contributed by atoms with Gasteiger partial charge in [0.1, 0.15) is 12.1 Å². The van der Waals surface area contributed by atoms with E-state index in [0.29, 0.717) is 5.82 Å². The van der Waals surface area contributed by atoms with Gasteiger partial charge in [0, 0.05) is 11.6 Å². The second-order valence-corrected chi connectivity index (χ2v) is 8.98. The molecule has 5 nitrogen and oxygen atoms in total. The molecule has 3 aromatic rings. The SMILES string of the molecule is Cc1ccc2c(c1)[C@H](Nc1ncnc3ccc(S(C)(=O)=O)cc13)CCC2. The van der Waals surface area contributed by atoms with Crippen LogP contribution in [0.15, 0.2) is 47.6 Å². The van der Waals surface area contributed by atoms with Crippen molar-refractivity contribution in [1.29, 1.82) is 0 Å². The van der Waals surface area contributed by atoms with E-state index in [9.17, 15) is 8.42 Å². The van der Waals surface area contributed by atoms with Gasteiger partial charge in [0.2, 0.25) is 0 Å². The Bertz CT molecular complexity index is 1090. The van der Waals surface area contributed by atoms with Crippen molar-refractivity contribution < 1.29 is 8.42 Å². The highest BCUT2D eigenvalue weighted by Gasteiger charge is 2.21. The van der Waals surface area contributed by atoms with E-state index in [1.165, 1.54) is 29.3 Å². The number of aryl methyl sites for hydroxylation is 2. The van der Waals surface area contributed by atoms with Crippen molar-refractivity contribution in [3.8, 4) is 0 Å². The first-order valence-corrected chi connectivity index (χ1v) is 10.6. The van der Waals surface area contributed by atoms with Crippen LogP contribution >= 0.6 is 0 Å². The van der Waals surface area contributed by atoms with Crippen molar-refractivity contribution in [3.05, 3.63) is 59.4 Å². The number of fused-ring (bicyclic) bond motifs is 2. The lowest BCUT2D eigenvalue weighted by atomic mass is 9.86. The number of rotatable bonds is 3. The third-order valence-electron chi connectivity index (χ3n) is 4.96. The summed E-state index contributed by atoms with van der Waals surface area (Å²) >= 11 is 0. The number of nitrogens with one attached hydrogen (secondary N) is 1. The molecule has 0 fully saturated rings. The summed E-state index contributed by atoms with van der Waals surface area (Å²) in [5.74, 6) is 0.680. The van der Waals surface area contributed by atoms with Crippen LogP contribution in [0, 0.1) is 6.92 Å². The fourth-order valence-corrected chi connectivity index (χ4v) is 4.26. The van der Waals surface area contributed by atoms with Crippen LogP contribution in [0.2, 0.25) is 0 Å². The zero-order valence-corrected chi connectivity index (χ0v) is 15.7. The topological polar surface area (TPSA) is 72.0 Å². The molecule has 0 unspecified atom stereocenters. The largest absolute Gasteiger partial charge is 0.363 e. The lowest BCUT2D eigenvalue weighted by molar-refractivity contribution is 0.598. The Kier molecular flexibility index (Phi) is 4.15. The summed E-state index contributed by atoms with van der Waals surface area (Å²) in [6, 6.07) is 11.7. The number of benzene rings is 2. The van der Waals surface area contributed by atoms with Gasteiger partial charge in [-0.15, -0.1) is 0 Å². The number of anilines is 1. The first-order valence-electron chi connectivity index (χ1n) is 8.72. The Morgan fingerprint density at radius 1 is 1.12 bits per heavy atom. The average molecular weight is 367 g/mol. The summed E-state index contributed by atoms with van der Waals surface area (Å²) in [5, 5.41) is 4.27. The van der Waals surface area contributed by atoms with Gasteiger partial charge in [-0.25, -0.2) is 18.4 Å². The molecule has 134 valence electrons. The summed E-state index contributed by atoms with van der Waals surface area (Å²) in [5.41, 5.74) is 4.65. The van der Waals surface area contributed by atoms with Crippen molar-refractivity contribution >= 4 is 26.6 Å². The van der Waals surface area contributed by atoms with Crippen LogP contribution in [-0.2, 0) is 16.3 Å². The monoisotopic (exact) mass is 367 g/mol. The van der Waals surface area contributed by atoms with Gasteiger partial charge in [0.05, 0.1) is 16.5 Å². The van der Waals surface area contributed by atoms with E-state index in [4.69, 9.17) is 0 Å². The number of hydrogen-bond donors (Lipinski definition) is 1. The molecule has 0 spiro atoms. The highest BCUT2D eigenvalue weighted by molar-refractivity contribution is 7.90. The Balaban J connectivity index is 1.78. The van der Waals surface area contributed by atoms with Crippen molar-refractivity contribution in [1.82, 2.24) is 9.97 Å². The molecule has 1 aromatic heterocycles. The van der Waals surface area contributed by atoms with Crippen molar-refractivity contribution in [2.75, 3.05) is 11.6 Å². The van der Waals surface area contributed by atoms with Crippen molar-refractivity contribution in [2.45, 2.75) is 37.1 Å². The summed E-state index contributed by atoms with van der Waals surface area (Å²) < 4.78 is 23.8. The maximum absolute atomic E-state index is 11.9. The maximum atomic E-state index is 11.9. The number of hydrogen-bond acceptors (Lipinski definition) is 5. The van der Waals surface area contributed by atoms with Gasteiger partial charge in [-0.05, 0) is 55.5 Å². The molecule has 1 atom stereocenters. The van der Waals surface area contributed by atoms with Gasteiger partial charge in [-0.2, -0.15) is 0 Å². The molecule has 4 rings (SSSR count). The normalized spacial score (nSPS) is 17.1. The van der Waals surface area contributed by atoms with Crippen LogP contribution in [0.4, 0.5) is 5.82 Å². The molecule has 0 bridgehead atoms. The summed E-state index contributed by atoms with van der Waals surface area (Å²) in [4.78, 5) is 8.95. The Labute approximate surface area is 153 Å². The van der Waals surface area contributed by atoms with Crippen LogP contribution in [0.5, 0.6) is 0 Å². The smallest absolute Gasteiger partial charge is 0.175 e. The molecule has 1 N–H and O–H groups in total. The molecular formula is C20H21N3O2S. The van der Waals surface area contributed by atoms with Crippen LogP contribution < -0.4 is 5.32 Å². The zero-order chi connectivity index (χ0) is 18.3. The Morgan fingerprint density at radius 2 is 1.96 bits per heavy atom. The molecule has 1 aliphatic carbocycles. The molecule has 6 heteroatoms. The van der Waals surface area contributed by atoms with Crippen LogP contribution in [0.25, 0.3) is 10.9 Å². The van der Waals surface area contributed by atoms with Gasteiger partial charge in [-0.3, -0.25) is 0 Å². The highest BCUT2D eigenvalue weighted by Crippen LogP contribution is 2.34. The second-order valence-electron chi connectivity index (χ2n) is 6.96. The van der Waals surface area contributed by atoms with Crippen LogP contribution in [0.1, 0.15) is 35.6 Å². The van der Waals surface area contributed by atoms with Crippen molar-refractivity contribution in [2.24, 2.45) is 0 Å². The minimum atomic E-state index is -3.28. The minimum Gasteiger partial charge on any atom is -0.363 e. The van der Waals surface area contributed by atoms with Gasteiger partial charge >= 0.3 is 0 Å². The third kappa shape index (κ3) is 3.17. The summed E-state index contributed by atoms with van der Waals surface area (Å²) in [6.45, 7) is 2.10. The molecule has 0 radical (unpaired) electrons. The molecular weight excluding hydrogens is 346 g/mol. The lowest BCUT2D eigenvalue weighted by Gasteiger charge is -2.27. The maximum Gasteiger partial charge on any atom is 0.175 e. The number of aromatic nitrogens is 2. The molecule has 0 aliphatic heterocycles. The molecule has 0 amide bonds. The minimum absolute atomic E-state index is 0.165.